The highest BCUT2D eigenvalue weighted by Gasteiger charge is 2.21. The SMILES string of the molecule is CCOC(=O)c1ccc(N2CCN(CC)CC2)c(NC(=O)c2ccc(OCc3ccccc3)cc2)c1. The van der Waals surface area contributed by atoms with Gasteiger partial charge in [0.05, 0.1) is 23.5 Å². The van der Waals surface area contributed by atoms with Gasteiger partial charge in [0.2, 0.25) is 0 Å². The Kier molecular flexibility index (Phi) is 8.57. The smallest absolute Gasteiger partial charge is 0.338 e. The summed E-state index contributed by atoms with van der Waals surface area (Å²) in [5, 5.41) is 3.02. The van der Waals surface area contributed by atoms with E-state index >= 15 is 0 Å². The molecule has 3 aromatic carbocycles. The molecule has 0 aliphatic carbocycles. The normalized spacial score (nSPS) is 13.8. The fourth-order valence-corrected chi connectivity index (χ4v) is 4.20. The zero-order valence-corrected chi connectivity index (χ0v) is 20.9. The third-order valence-corrected chi connectivity index (χ3v) is 6.28. The monoisotopic (exact) mass is 487 g/mol. The Labute approximate surface area is 212 Å². The number of amides is 1. The van der Waals surface area contributed by atoms with E-state index in [0.29, 0.717) is 35.8 Å². The Morgan fingerprint density at radius 3 is 2.22 bits per heavy atom. The van der Waals surface area contributed by atoms with Gasteiger partial charge in [-0.05, 0) is 61.5 Å². The summed E-state index contributed by atoms with van der Waals surface area (Å²) in [6.45, 7) is 9.31. The van der Waals surface area contributed by atoms with Crippen molar-refractivity contribution in [2.45, 2.75) is 20.5 Å². The van der Waals surface area contributed by atoms with E-state index in [1.54, 1.807) is 43.3 Å². The minimum absolute atomic E-state index is 0.251. The molecular formula is C29H33N3O4. The number of benzene rings is 3. The molecule has 1 saturated heterocycles. The summed E-state index contributed by atoms with van der Waals surface area (Å²) in [6, 6.07) is 22.3. The summed E-state index contributed by atoms with van der Waals surface area (Å²) in [4.78, 5) is 30.1. The first kappa shape index (κ1) is 25.3. The van der Waals surface area contributed by atoms with E-state index in [1.807, 2.05) is 36.4 Å². The molecule has 3 aromatic rings. The van der Waals surface area contributed by atoms with Gasteiger partial charge in [0.1, 0.15) is 12.4 Å². The van der Waals surface area contributed by atoms with Crippen molar-refractivity contribution >= 4 is 23.3 Å². The molecule has 0 unspecified atom stereocenters. The van der Waals surface area contributed by atoms with E-state index < -0.39 is 5.97 Å². The molecule has 7 heteroatoms. The molecule has 36 heavy (non-hydrogen) atoms. The van der Waals surface area contributed by atoms with E-state index in [-0.39, 0.29) is 5.91 Å². The molecular weight excluding hydrogens is 454 g/mol. The van der Waals surface area contributed by atoms with Crippen molar-refractivity contribution in [3.8, 4) is 5.75 Å². The number of likely N-dealkylation sites (N-methyl/N-ethyl adjacent to an activating group) is 1. The lowest BCUT2D eigenvalue weighted by molar-refractivity contribution is 0.0526. The Hall–Kier alpha value is -3.84. The second-order valence-corrected chi connectivity index (χ2v) is 8.63. The van der Waals surface area contributed by atoms with Gasteiger partial charge in [0, 0.05) is 31.7 Å². The lowest BCUT2D eigenvalue weighted by Crippen LogP contribution is -2.46. The number of carbonyl (C=O) groups is 2. The van der Waals surface area contributed by atoms with Crippen molar-refractivity contribution in [3.05, 3.63) is 89.5 Å². The minimum atomic E-state index is -0.407. The molecule has 0 aromatic heterocycles. The van der Waals surface area contributed by atoms with E-state index in [0.717, 1.165) is 44.0 Å². The molecule has 0 radical (unpaired) electrons. The number of hydrogen-bond acceptors (Lipinski definition) is 6. The molecule has 1 N–H and O–H groups in total. The van der Waals surface area contributed by atoms with Crippen molar-refractivity contribution < 1.29 is 19.1 Å². The van der Waals surface area contributed by atoms with Crippen LogP contribution in [0.15, 0.2) is 72.8 Å². The highest BCUT2D eigenvalue weighted by atomic mass is 16.5. The fourth-order valence-electron chi connectivity index (χ4n) is 4.20. The van der Waals surface area contributed by atoms with Gasteiger partial charge in [-0.2, -0.15) is 0 Å². The van der Waals surface area contributed by atoms with Crippen LogP contribution in [0.25, 0.3) is 0 Å². The van der Waals surface area contributed by atoms with E-state index in [9.17, 15) is 9.59 Å². The van der Waals surface area contributed by atoms with Crippen LogP contribution in [0.4, 0.5) is 11.4 Å². The Morgan fingerprint density at radius 1 is 0.861 bits per heavy atom. The van der Waals surface area contributed by atoms with Crippen LogP contribution in [0.5, 0.6) is 5.75 Å². The number of esters is 1. The number of nitrogens with one attached hydrogen (secondary N) is 1. The maximum atomic E-state index is 13.2. The first-order valence-corrected chi connectivity index (χ1v) is 12.4. The van der Waals surface area contributed by atoms with Gasteiger partial charge < -0.3 is 24.6 Å². The molecule has 1 amide bonds. The topological polar surface area (TPSA) is 71.1 Å². The molecule has 0 saturated carbocycles. The van der Waals surface area contributed by atoms with Crippen molar-refractivity contribution in [2.24, 2.45) is 0 Å². The number of carbonyl (C=O) groups excluding carboxylic acids is 2. The molecule has 4 rings (SSSR count). The second kappa shape index (κ2) is 12.2. The van der Waals surface area contributed by atoms with Crippen LogP contribution < -0.4 is 15.0 Å². The van der Waals surface area contributed by atoms with Gasteiger partial charge >= 0.3 is 5.97 Å². The number of ether oxygens (including phenoxy) is 2. The van der Waals surface area contributed by atoms with E-state index in [4.69, 9.17) is 9.47 Å². The zero-order valence-electron chi connectivity index (χ0n) is 20.9. The molecule has 188 valence electrons. The van der Waals surface area contributed by atoms with Gasteiger partial charge in [-0.3, -0.25) is 4.79 Å². The maximum Gasteiger partial charge on any atom is 0.338 e. The summed E-state index contributed by atoms with van der Waals surface area (Å²) in [5.74, 6) is 0.0310. The molecule has 1 heterocycles. The third-order valence-electron chi connectivity index (χ3n) is 6.28. The highest BCUT2D eigenvalue weighted by Crippen LogP contribution is 2.29. The lowest BCUT2D eigenvalue weighted by Gasteiger charge is -2.36. The summed E-state index contributed by atoms with van der Waals surface area (Å²) in [5.41, 5.74) is 3.49. The summed E-state index contributed by atoms with van der Waals surface area (Å²) in [7, 11) is 0. The average Bonchev–Trinajstić information content (AvgIpc) is 2.93. The van der Waals surface area contributed by atoms with Crippen LogP contribution in [0.3, 0.4) is 0 Å². The lowest BCUT2D eigenvalue weighted by atomic mass is 10.1. The predicted molar refractivity (Wildman–Crippen MR) is 142 cm³/mol. The van der Waals surface area contributed by atoms with Crippen molar-refractivity contribution in [1.29, 1.82) is 0 Å². The first-order valence-electron chi connectivity index (χ1n) is 12.4. The van der Waals surface area contributed by atoms with E-state index in [1.165, 1.54) is 0 Å². The first-order chi connectivity index (χ1) is 17.6. The maximum absolute atomic E-state index is 13.2. The van der Waals surface area contributed by atoms with Gasteiger partial charge in [0.25, 0.3) is 5.91 Å². The molecule has 0 bridgehead atoms. The Balaban J connectivity index is 1.49. The number of piperazine rings is 1. The summed E-state index contributed by atoms with van der Waals surface area (Å²) in [6.07, 6.45) is 0. The third kappa shape index (κ3) is 6.43. The van der Waals surface area contributed by atoms with Gasteiger partial charge in [-0.25, -0.2) is 4.79 Å². The fraction of sp³-hybridized carbons (Fsp3) is 0.310. The quantitative estimate of drug-likeness (QED) is 0.436. The molecule has 1 aliphatic heterocycles. The molecule has 7 nitrogen and oxygen atoms in total. The average molecular weight is 488 g/mol. The van der Waals surface area contributed by atoms with Gasteiger partial charge in [-0.1, -0.05) is 37.3 Å². The number of anilines is 2. The highest BCUT2D eigenvalue weighted by molar-refractivity contribution is 6.07. The Morgan fingerprint density at radius 2 is 1.56 bits per heavy atom. The predicted octanol–water partition coefficient (Wildman–Crippen LogP) is 4.84. The second-order valence-electron chi connectivity index (χ2n) is 8.63. The number of nitrogens with zero attached hydrogens (tertiary/aromatic N) is 2. The van der Waals surface area contributed by atoms with Crippen molar-refractivity contribution in [1.82, 2.24) is 4.90 Å². The number of rotatable bonds is 9. The van der Waals surface area contributed by atoms with E-state index in [2.05, 4.69) is 22.0 Å². The number of hydrogen-bond donors (Lipinski definition) is 1. The summed E-state index contributed by atoms with van der Waals surface area (Å²) < 4.78 is 11.0. The molecule has 0 atom stereocenters. The van der Waals surface area contributed by atoms with Crippen LogP contribution in [0.2, 0.25) is 0 Å². The van der Waals surface area contributed by atoms with Gasteiger partial charge in [0.15, 0.2) is 0 Å². The van der Waals surface area contributed by atoms with Crippen LogP contribution in [-0.4, -0.2) is 56.1 Å². The standard InChI is InChI=1S/C29H33N3O4/c1-3-31-16-18-32(19-17-31)27-15-12-24(29(34)35-4-2)20-26(27)30-28(33)23-10-13-25(14-11-23)36-21-22-8-6-5-7-9-22/h5-15,20H,3-4,16-19,21H2,1-2H3,(H,30,33). The largest absolute Gasteiger partial charge is 0.489 e. The van der Waals surface area contributed by atoms with Crippen LogP contribution in [0.1, 0.15) is 40.1 Å². The van der Waals surface area contributed by atoms with Crippen molar-refractivity contribution in [2.75, 3.05) is 49.5 Å². The van der Waals surface area contributed by atoms with Crippen molar-refractivity contribution in [3.63, 3.8) is 0 Å². The summed E-state index contributed by atoms with van der Waals surface area (Å²) >= 11 is 0. The van der Waals surface area contributed by atoms with Crippen LogP contribution in [-0.2, 0) is 11.3 Å². The molecule has 1 fully saturated rings. The van der Waals surface area contributed by atoms with Gasteiger partial charge in [-0.15, -0.1) is 0 Å². The minimum Gasteiger partial charge on any atom is -0.489 e. The van der Waals surface area contributed by atoms with Crippen LogP contribution >= 0.6 is 0 Å². The molecule has 1 aliphatic rings. The molecule has 0 spiro atoms. The Bertz CT molecular complexity index is 1160. The van der Waals surface area contributed by atoms with Crippen LogP contribution in [0, 0.1) is 0 Å². The zero-order chi connectivity index (χ0) is 25.3.